The molecule has 0 spiro atoms. The van der Waals surface area contributed by atoms with Gasteiger partial charge in [0.15, 0.2) is 0 Å². The molecule has 1 rings (SSSR count). The Hall–Kier alpha value is -0.250. The first-order valence-corrected chi connectivity index (χ1v) is 6.42. The molecule has 0 saturated carbocycles. The number of hydrogen-bond acceptors (Lipinski definition) is 1. The lowest BCUT2D eigenvalue weighted by atomic mass is 10.1. The van der Waals surface area contributed by atoms with Gasteiger partial charge in [0.1, 0.15) is 5.38 Å². The third kappa shape index (κ3) is 3.65. The first-order valence-electron chi connectivity index (χ1n) is 4.81. The molecule has 0 heterocycles. The van der Waals surface area contributed by atoms with Gasteiger partial charge in [-0.1, -0.05) is 17.7 Å². The summed E-state index contributed by atoms with van der Waals surface area (Å²) < 4.78 is 0.731. The number of halogens is 3. The van der Waals surface area contributed by atoms with E-state index in [9.17, 15) is 4.79 Å². The highest BCUT2D eigenvalue weighted by Crippen LogP contribution is 2.28. The van der Waals surface area contributed by atoms with Gasteiger partial charge in [0.05, 0.1) is 5.02 Å². The fourth-order valence-corrected chi connectivity index (χ4v) is 1.89. The SMILES string of the molecule is CC(C)NC(=O)C(Cl)c1ccc(Cl)c(Br)c1. The van der Waals surface area contributed by atoms with Gasteiger partial charge in [-0.25, -0.2) is 0 Å². The van der Waals surface area contributed by atoms with Crippen LogP contribution in [-0.2, 0) is 4.79 Å². The second-order valence-corrected chi connectivity index (χ2v) is 5.40. The summed E-state index contributed by atoms with van der Waals surface area (Å²) in [6.45, 7) is 3.78. The Balaban J connectivity index is 2.83. The molecule has 0 fully saturated rings. The quantitative estimate of drug-likeness (QED) is 0.839. The summed E-state index contributed by atoms with van der Waals surface area (Å²) >= 11 is 15.2. The highest BCUT2D eigenvalue weighted by molar-refractivity contribution is 9.10. The van der Waals surface area contributed by atoms with E-state index in [1.165, 1.54) is 0 Å². The largest absolute Gasteiger partial charge is 0.352 e. The molecule has 0 aliphatic carbocycles. The van der Waals surface area contributed by atoms with Gasteiger partial charge in [-0.05, 0) is 47.5 Å². The molecule has 16 heavy (non-hydrogen) atoms. The summed E-state index contributed by atoms with van der Waals surface area (Å²) in [5.74, 6) is -0.203. The van der Waals surface area contributed by atoms with Crippen LogP contribution in [0.3, 0.4) is 0 Å². The lowest BCUT2D eigenvalue weighted by Gasteiger charge is -2.13. The Kier molecular flexibility index (Phi) is 5.09. The lowest BCUT2D eigenvalue weighted by Crippen LogP contribution is -2.32. The van der Waals surface area contributed by atoms with Crippen LogP contribution in [0.4, 0.5) is 0 Å². The van der Waals surface area contributed by atoms with Gasteiger partial charge in [0.25, 0.3) is 0 Å². The van der Waals surface area contributed by atoms with E-state index in [1.54, 1.807) is 18.2 Å². The molecule has 1 aromatic rings. The maximum atomic E-state index is 11.7. The average molecular weight is 325 g/mol. The number of carbonyl (C=O) groups is 1. The molecule has 1 unspecified atom stereocenters. The predicted octanol–water partition coefficient (Wildman–Crippen LogP) is 3.91. The zero-order valence-corrected chi connectivity index (χ0v) is 12.0. The van der Waals surface area contributed by atoms with E-state index in [0.29, 0.717) is 5.02 Å². The van der Waals surface area contributed by atoms with E-state index >= 15 is 0 Å². The molecule has 1 amide bonds. The summed E-state index contributed by atoms with van der Waals surface area (Å²) in [7, 11) is 0. The van der Waals surface area contributed by atoms with Crippen molar-refractivity contribution in [3.05, 3.63) is 33.3 Å². The second-order valence-electron chi connectivity index (χ2n) is 3.70. The van der Waals surface area contributed by atoms with Crippen molar-refractivity contribution < 1.29 is 4.79 Å². The molecule has 0 aliphatic heterocycles. The van der Waals surface area contributed by atoms with Crippen molar-refractivity contribution in [2.24, 2.45) is 0 Å². The Morgan fingerprint density at radius 1 is 1.44 bits per heavy atom. The van der Waals surface area contributed by atoms with E-state index < -0.39 is 5.38 Å². The fourth-order valence-electron chi connectivity index (χ4n) is 1.18. The zero-order valence-electron chi connectivity index (χ0n) is 8.93. The molecule has 2 nitrogen and oxygen atoms in total. The van der Waals surface area contributed by atoms with Crippen molar-refractivity contribution in [1.82, 2.24) is 5.32 Å². The highest BCUT2D eigenvalue weighted by atomic mass is 79.9. The van der Waals surface area contributed by atoms with Crippen LogP contribution in [0.5, 0.6) is 0 Å². The van der Waals surface area contributed by atoms with Crippen LogP contribution in [-0.4, -0.2) is 11.9 Å². The number of nitrogens with one attached hydrogen (secondary N) is 1. The molecule has 0 bridgehead atoms. The number of carbonyl (C=O) groups excluding carboxylic acids is 1. The van der Waals surface area contributed by atoms with Crippen LogP contribution >= 0.6 is 39.1 Å². The van der Waals surface area contributed by atoms with Gasteiger partial charge in [-0.15, -0.1) is 11.6 Å². The van der Waals surface area contributed by atoms with E-state index in [0.717, 1.165) is 10.0 Å². The second kappa shape index (κ2) is 5.89. The number of amides is 1. The number of rotatable bonds is 3. The van der Waals surface area contributed by atoms with Gasteiger partial charge < -0.3 is 5.32 Å². The molecule has 5 heteroatoms. The minimum atomic E-state index is -0.698. The zero-order chi connectivity index (χ0) is 12.3. The monoisotopic (exact) mass is 323 g/mol. The van der Waals surface area contributed by atoms with Crippen molar-refractivity contribution in [1.29, 1.82) is 0 Å². The Morgan fingerprint density at radius 2 is 2.06 bits per heavy atom. The van der Waals surface area contributed by atoms with Crippen LogP contribution in [0.1, 0.15) is 24.8 Å². The Bertz CT molecular complexity index is 396. The standard InChI is InChI=1S/C11H12BrCl2NO/c1-6(2)15-11(16)10(14)7-3-4-9(13)8(12)5-7/h3-6,10H,1-2H3,(H,15,16). The third-order valence-corrected chi connectivity index (χ3v) is 3.56. The van der Waals surface area contributed by atoms with E-state index in [-0.39, 0.29) is 11.9 Å². The summed E-state index contributed by atoms with van der Waals surface area (Å²) in [6, 6.07) is 5.27. The molecule has 1 N–H and O–H groups in total. The van der Waals surface area contributed by atoms with Crippen LogP contribution < -0.4 is 5.32 Å². The summed E-state index contributed by atoms with van der Waals surface area (Å²) in [6.07, 6.45) is 0. The number of alkyl halides is 1. The molecule has 88 valence electrons. The molecule has 0 aliphatic rings. The molecule has 1 atom stereocenters. The maximum Gasteiger partial charge on any atom is 0.242 e. The van der Waals surface area contributed by atoms with E-state index in [1.807, 2.05) is 13.8 Å². The lowest BCUT2D eigenvalue weighted by molar-refractivity contribution is -0.121. The van der Waals surface area contributed by atoms with Gasteiger partial charge in [0, 0.05) is 10.5 Å². The molecular formula is C11H12BrCl2NO. The highest BCUT2D eigenvalue weighted by Gasteiger charge is 2.18. The van der Waals surface area contributed by atoms with Crippen molar-refractivity contribution >= 4 is 45.0 Å². The first kappa shape index (κ1) is 13.8. The van der Waals surface area contributed by atoms with E-state index in [2.05, 4.69) is 21.2 Å². The Labute approximate surface area is 113 Å². The van der Waals surface area contributed by atoms with Crippen molar-refractivity contribution in [3.63, 3.8) is 0 Å². The normalized spacial score (nSPS) is 12.6. The van der Waals surface area contributed by atoms with Crippen molar-refractivity contribution in [3.8, 4) is 0 Å². The topological polar surface area (TPSA) is 29.1 Å². The van der Waals surface area contributed by atoms with E-state index in [4.69, 9.17) is 23.2 Å². The van der Waals surface area contributed by atoms with Crippen molar-refractivity contribution in [2.45, 2.75) is 25.3 Å². The van der Waals surface area contributed by atoms with Gasteiger partial charge in [-0.3, -0.25) is 4.79 Å². The molecule has 0 saturated heterocycles. The van der Waals surface area contributed by atoms with Crippen LogP contribution in [0, 0.1) is 0 Å². The summed E-state index contributed by atoms with van der Waals surface area (Å²) in [4.78, 5) is 11.7. The maximum absolute atomic E-state index is 11.7. The molecule has 0 aromatic heterocycles. The first-order chi connectivity index (χ1) is 7.41. The minimum Gasteiger partial charge on any atom is -0.352 e. The smallest absolute Gasteiger partial charge is 0.242 e. The Morgan fingerprint density at radius 3 is 2.56 bits per heavy atom. The van der Waals surface area contributed by atoms with Crippen LogP contribution in [0.2, 0.25) is 5.02 Å². The van der Waals surface area contributed by atoms with Gasteiger partial charge in [0.2, 0.25) is 5.91 Å². The number of hydrogen-bond donors (Lipinski definition) is 1. The van der Waals surface area contributed by atoms with Gasteiger partial charge >= 0.3 is 0 Å². The minimum absolute atomic E-state index is 0.0736. The third-order valence-electron chi connectivity index (χ3n) is 1.90. The average Bonchev–Trinajstić information content (AvgIpc) is 2.20. The number of benzene rings is 1. The van der Waals surface area contributed by atoms with Crippen LogP contribution in [0.25, 0.3) is 0 Å². The predicted molar refractivity (Wildman–Crippen MR) is 71.0 cm³/mol. The van der Waals surface area contributed by atoms with Gasteiger partial charge in [-0.2, -0.15) is 0 Å². The molecular weight excluding hydrogens is 313 g/mol. The molecule has 0 radical (unpaired) electrons. The summed E-state index contributed by atoms with van der Waals surface area (Å²) in [5, 5.41) is 2.65. The fraction of sp³-hybridized carbons (Fsp3) is 0.364. The van der Waals surface area contributed by atoms with Crippen molar-refractivity contribution in [2.75, 3.05) is 0 Å². The van der Waals surface area contributed by atoms with Crippen LogP contribution in [0.15, 0.2) is 22.7 Å². The summed E-state index contributed by atoms with van der Waals surface area (Å²) in [5.41, 5.74) is 0.719. The molecule has 1 aromatic carbocycles.